The zero-order chi connectivity index (χ0) is 55.2. The zero-order valence-electron chi connectivity index (χ0n) is 48.9. The van der Waals surface area contributed by atoms with Crippen molar-refractivity contribution < 1.29 is 0 Å². The molecule has 13 aromatic rings. The first-order valence-corrected chi connectivity index (χ1v) is 33.0. The number of hydrogen-bond donors (Lipinski definition) is 0. The minimum Gasteiger partial charge on any atom is -0.0616 e. The molecule has 4 fully saturated rings. The van der Waals surface area contributed by atoms with Gasteiger partial charge in [0, 0.05) is 0 Å². The molecule has 0 aliphatic heterocycles. The van der Waals surface area contributed by atoms with Crippen LogP contribution in [-0.4, -0.2) is 0 Å². The fourth-order valence-corrected chi connectivity index (χ4v) is 17.9. The van der Waals surface area contributed by atoms with Crippen molar-refractivity contribution >= 4 is 86.2 Å². The van der Waals surface area contributed by atoms with Crippen LogP contribution in [0.1, 0.15) is 174 Å². The van der Waals surface area contributed by atoms with E-state index in [4.69, 9.17) is 0 Å². The summed E-state index contributed by atoms with van der Waals surface area (Å²) in [5.41, 5.74) is 16.7. The molecule has 0 aromatic heterocycles. The van der Waals surface area contributed by atoms with Crippen molar-refractivity contribution in [3.8, 4) is 44.5 Å². The Bertz CT molecular complexity index is 4180. The van der Waals surface area contributed by atoms with Gasteiger partial charge in [-0.25, -0.2) is 0 Å². The molecule has 0 amide bonds. The van der Waals surface area contributed by atoms with Gasteiger partial charge in [-0.2, -0.15) is 0 Å². The van der Waals surface area contributed by atoms with E-state index in [9.17, 15) is 0 Å². The van der Waals surface area contributed by atoms with Gasteiger partial charge in [0.25, 0.3) is 0 Å². The number of benzene rings is 13. The maximum Gasteiger partial charge on any atom is -0.00255 e. The molecule has 0 bridgehead atoms. The van der Waals surface area contributed by atoms with Gasteiger partial charge in [0.05, 0.1) is 0 Å². The highest BCUT2D eigenvalue weighted by atomic mass is 14.3. The first kappa shape index (κ1) is 50.7. The molecule has 4 aliphatic carbocycles. The van der Waals surface area contributed by atoms with Gasteiger partial charge in [0.2, 0.25) is 0 Å². The molecule has 0 heterocycles. The molecule has 0 radical (unpaired) electrons. The quantitative estimate of drug-likeness (QED) is 0.105. The molecule has 13 aromatic carbocycles. The van der Waals surface area contributed by atoms with Gasteiger partial charge < -0.3 is 0 Å². The van der Waals surface area contributed by atoms with Crippen LogP contribution >= 0.6 is 0 Å². The Balaban J connectivity index is 0.972. The molecule has 4 aliphatic rings. The highest BCUT2D eigenvalue weighted by molar-refractivity contribution is 6.35. The average molecular weight is 1090 g/mol. The van der Waals surface area contributed by atoms with E-state index < -0.39 is 0 Å². The molecule has 84 heavy (non-hydrogen) atoms. The minimum atomic E-state index is 0.623. The Morgan fingerprint density at radius 3 is 0.762 bits per heavy atom. The predicted octanol–water partition coefficient (Wildman–Crippen LogP) is 25.2. The molecule has 0 heteroatoms. The first-order chi connectivity index (χ1) is 41.7. The van der Waals surface area contributed by atoms with Crippen molar-refractivity contribution in [2.75, 3.05) is 0 Å². The van der Waals surface area contributed by atoms with Crippen molar-refractivity contribution in [1.82, 2.24) is 0 Å². The van der Waals surface area contributed by atoms with E-state index in [-0.39, 0.29) is 0 Å². The molecule has 17 rings (SSSR count). The molecule has 0 spiro atoms. The number of hydrogen-bond acceptors (Lipinski definition) is 0. The van der Waals surface area contributed by atoms with Crippen LogP contribution in [-0.2, 0) is 0 Å². The van der Waals surface area contributed by atoms with Crippen molar-refractivity contribution in [3.63, 3.8) is 0 Å². The normalized spacial score (nSPS) is 17.3. The third-order valence-corrected chi connectivity index (χ3v) is 21.9. The molecule has 412 valence electrons. The molecule has 0 nitrogen and oxygen atoms in total. The van der Waals surface area contributed by atoms with Gasteiger partial charge in [-0.05, 0) is 277 Å². The Labute approximate surface area is 496 Å². The fourth-order valence-electron chi connectivity index (χ4n) is 17.9. The summed E-state index contributed by atoms with van der Waals surface area (Å²) in [5.74, 6) is 2.49. The summed E-state index contributed by atoms with van der Waals surface area (Å²) in [6.45, 7) is 0. The van der Waals surface area contributed by atoms with E-state index in [1.54, 1.807) is 22.3 Å². The molecule has 4 saturated carbocycles. The third kappa shape index (κ3) is 8.51. The Hall–Kier alpha value is -7.80. The predicted molar refractivity (Wildman–Crippen MR) is 363 cm³/mol. The molecule has 0 unspecified atom stereocenters. The second kappa shape index (κ2) is 21.1. The Kier molecular flexibility index (Phi) is 12.7. The second-order valence-corrected chi connectivity index (χ2v) is 26.6. The molecule has 0 saturated heterocycles. The van der Waals surface area contributed by atoms with E-state index in [1.165, 1.54) is 259 Å². The lowest BCUT2D eigenvalue weighted by molar-refractivity contribution is 0.445. The zero-order valence-corrected chi connectivity index (χ0v) is 48.9. The van der Waals surface area contributed by atoms with E-state index in [0.29, 0.717) is 23.7 Å². The summed E-state index contributed by atoms with van der Waals surface area (Å²) >= 11 is 0. The maximum absolute atomic E-state index is 2.61. The van der Waals surface area contributed by atoms with Crippen LogP contribution in [0.15, 0.2) is 194 Å². The van der Waals surface area contributed by atoms with Crippen LogP contribution in [0.2, 0.25) is 0 Å². The van der Waals surface area contributed by atoms with Crippen molar-refractivity contribution in [2.24, 2.45) is 0 Å². The number of fused-ring (bicyclic) bond motifs is 6. The second-order valence-electron chi connectivity index (χ2n) is 26.6. The van der Waals surface area contributed by atoms with E-state index in [1.807, 2.05) is 0 Å². The summed E-state index contributed by atoms with van der Waals surface area (Å²) in [7, 11) is 0. The van der Waals surface area contributed by atoms with Gasteiger partial charge in [0.1, 0.15) is 0 Å². The third-order valence-electron chi connectivity index (χ3n) is 21.9. The topological polar surface area (TPSA) is 0 Å². The van der Waals surface area contributed by atoms with Crippen molar-refractivity contribution in [3.05, 3.63) is 216 Å². The largest absolute Gasteiger partial charge is 0.0616 e. The summed E-state index contributed by atoms with van der Waals surface area (Å²) in [5, 5.41) is 22.0. The highest BCUT2D eigenvalue weighted by Gasteiger charge is 2.26. The van der Waals surface area contributed by atoms with Crippen LogP contribution in [0.3, 0.4) is 0 Å². The van der Waals surface area contributed by atoms with Gasteiger partial charge in [-0.1, -0.05) is 223 Å². The fraction of sp³-hybridized carbons (Fsp3) is 0.286. The summed E-state index contributed by atoms with van der Waals surface area (Å²) < 4.78 is 0. The van der Waals surface area contributed by atoms with E-state index in [0.717, 1.165) is 0 Å². The van der Waals surface area contributed by atoms with Crippen molar-refractivity contribution in [1.29, 1.82) is 0 Å². The highest BCUT2D eigenvalue weighted by Crippen LogP contribution is 2.51. The lowest BCUT2D eigenvalue weighted by Gasteiger charge is -2.25. The molecule has 0 N–H and O–H groups in total. The number of rotatable bonds is 8. The van der Waals surface area contributed by atoms with Gasteiger partial charge in [-0.15, -0.1) is 0 Å². The molecular formula is C84H76. The lowest BCUT2D eigenvalue weighted by Crippen LogP contribution is -2.05. The Morgan fingerprint density at radius 1 is 0.190 bits per heavy atom. The van der Waals surface area contributed by atoms with Gasteiger partial charge >= 0.3 is 0 Å². The van der Waals surface area contributed by atoms with Crippen LogP contribution in [0.4, 0.5) is 0 Å². The SMILES string of the molecule is c1cc(C2CCCCC2)c2cccc(-c3cc4cc(-c5ccc(C6CCCCC6)c6ccccc56)cc5c6cc(-c7ccc(C8CCCCC8)c8ccccc78)cc7cc(-c8ccc(C9CCCCC9)c9ccccc89)cc(c(c3)c45)c76)c2c1. The summed E-state index contributed by atoms with van der Waals surface area (Å²) in [6.07, 6.45) is 26.4. The summed E-state index contributed by atoms with van der Waals surface area (Å²) in [4.78, 5) is 0. The van der Waals surface area contributed by atoms with Gasteiger partial charge in [0.15, 0.2) is 0 Å². The maximum atomic E-state index is 2.61. The first-order valence-electron chi connectivity index (χ1n) is 33.0. The standard InChI is InChI=1S/C84H76/c1-5-21-53(22-6-1)63-35-19-38-78-64(36-20-37-77(63)78)57-45-61-46-58(68-42-39-65(54-23-7-2-8-24-54)71-29-13-16-32-74(68)71)51-81-82-52-60(70-44-41-67(56-27-11-4-12-28-56)73-31-15-18-34-76(70)73)48-62-47-59(50-80(84(62)82)79(49-57)83(61)81)69-43-40-66(55-25-9-3-10-26-55)72-30-14-17-33-75(69)72/h13-20,29-56H,1-12,21-28H2. The lowest BCUT2D eigenvalue weighted by atomic mass is 9.79. The van der Waals surface area contributed by atoms with Crippen LogP contribution < -0.4 is 0 Å². The average Bonchev–Trinajstić information content (AvgIpc) is 1.21. The van der Waals surface area contributed by atoms with E-state index in [2.05, 4.69) is 194 Å². The van der Waals surface area contributed by atoms with E-state index >= 15 is 0 Å². The minimum absolute atomic E-state index is 0.623. The monoisotopic (exact) mass is 1080 g/mol. The van der Waals surface area contributed by atoms with Crippen LogP contribution in [0.25, 0.3) is 131 Å². The Morgan fingerprint density at radius 2 is 0.440 bits per heavy atom. The molecule has 0 atom stereocenters. The summed E-state index contributed by atoms with van der Waals surface area (Å²) in [6, 6.07) is 78.4. The van der Waals surface area contributed by atoms with Crippen LogP contribution in [0, 0.1) is 0 Å². The smallest absolute Gasteiger partial charge is 0.00255 e. The van der Waals surface area contributed by atoms with Gasteiger partial charge in [-0.3, -0.25) is 0 Å². The van der Waals surface area contributed by atoms with Crippen molar-refractivity contribution in [2.45, 2.75) is 152 Å². The van der Waals surface area contributed by atoms with Crippen LogP contribution in [0.5, 0.6) is 0 Å². The molecular weight excluding hydrogens is 1010 g/mol.